The van der Waals surface area contributed by atoms with E-state index >= 15 is 0 Å². The van der Waals surface area contributed by atoms with Crippen LogP contribution < -0.4 is 4.74 Å². The van der Waals surface area contributed by atoms with Crippen LogP contribution in [0.1, 0.15) is 11.1 Å². The Labute approximate surface area is 92.1 Å². The van der Waals surface area contributed by atoms with Gasteiger partial charge in [-0.1, -0.05) is 0 Å². The summed E-state index contributed by atoms with van der Waals surface area (Å²) in [6, 6.07) is 6.80. The van der Waals surface area contributed by atoms with Crippen LogP contribution in [0.15, 0.2) is 35.0 Å². The first kappa shape index (κ1) is 10.2. The van der Waals surface area contributed by atoms with Crippen molar-refractivity contribution >= 4 is 11.3 Å². The minimum absolute atomic E-state index is 0.196. The molecular weight excluding hydrogens is 211 g/mol. The van der Waals surface area contributed by atoms with Crippen LogP contribution in [0.5, 0.6) is 5.75 Å². The minimum Gasteiger partial charge on any atom is -0.489 e. The first-order chi connectivity index (χ1) is 7.25. The Morgan fingerprint density at radius 3 is 2.87 bits per heavy atom. The summed E-state index contributed by atoms with van der Waals surface area (Å²) in [6.45, 7) is 2.27. The highest BCUT2D eigenvalue weighted by molar-refractivity contribution is 7.07. The molecule has 78 valence electrons. The molecule has 3 heteroatoms. The summed E-state index contributed by atoms with van der Waals surface area (Å²) < 4.78 is 18.5. The molecule has 0 aliphatic heterocycles. The van der Waals surface area contributed by atoms with E-state index in [1.807, 2.05) is 16.8 Å². The number of benzene rings is 1. The second-order valence-electron chi connectivity index (χ2n) is 3.33. The standard InChI is InChI=1S/C12H11FOS/c1-9-6-11(2-3-12(9)13)14-7-10-4-5-15-8-10/h2-6,8H,7H2,1H3. The summed E-state index contributed by atoms with van der Waals surface area (Å²) >= 11 is 1.64. The van der Waals surface area contributed by atoms with E-state index in [0.29, 0.717) is 17.9 Å². The quantitative estimate of drug-likeness (QED) is 0.768. The summed E-state index contributed by atoms with van der Waals surface area (Å²) in [6.07, 6.45) is 0. The lowest BCUT2D eigenvalue weighted by molar-refractivity contribution is 0.306. The average molecular weight is 222 g/mol. The van der Waals surface area contributed by atoms with Crippen LogP contribution in [0.2, 0.25) is 0 Å². The van der Waals surface area contributed by atoms with Crippen molar-refractivity contribution in [2.24, 2.45) is 0 Å². The number of ether oxygens (including phenoxy) is 1. The topological polar surface area (TPSA) is 9.23 Å². The molecule has 0 atom stereocenters. The highest BCUT2D eigenvalue weighted by Crippen LogP contribution is 2.17. The molecule has 0 saturated carbocycles. The third kappa shape index (κ3) is 2.57. The Morgan fingerprint density at radius 2 is 2.20 bits per heavy atom. The molecule has 0 aliphatic carbocycles. The Kier molecular flexibility index (Phi) is 3.02. The van der Waals surface area contributed by atoms with Crippen LogP contribution in [-0.4, -0.2) is 0 Å². The molecule has 0 amide bonds. The van der Waals surface area contributed by atoms with E-state index in [9.17, 15) is 4.39 Å². The van der Waals surface area contributed by atoms with Gasteiger partial charge in [-0.25, -0.2) is 4.39 Å². The molecule has 1 aromatic carbocycles. The molecule has 1 aromatic heterocycles. The molecule has 1 heterocycles. The zero-order valence-corrected chi connectivity index (χ0v) is 9.18. The van der Waals surface area contributed by atoms with Gasteiger partial charge in [0.1, 0.15) is 18.2 Å². The van der Waals surface area contributed by atoms with Gasteiger partial charge in [0.15, 0.2) is 0 Å². The highest BCUT2D eigenvalue weighted by atomic mass is 32.1. The Morgan fingerprint density at radius 1 is 1.33 bits per heavy atom. The molecule has 0 radical (unpaired) electrons. The van der Waals surface area contributed by atoms with Crippen molar-refractivity contribution in [1.29, 1.82) is 0 Å². The van der Waals surface area contributed by atoms with Crippen molar-refractivity contribution < 1.29 is 9.13 Å². The molecule has 0 spiro atoms. The van der Waals surface area contributed by atoms with Crippen LogP contribution in [-0.2, 0) is 6.61 Å². The fraction of sp³-hybridized carbons (Fsp3) is 0.167. The van der Waals surface area contributed by atoms with Gasteiger partial charge < -0.3 is 4.74 Å². The SMILES string of the molecule is Cc1cc(OCc2ccsc2)ccc1F. The molecule has 15 heavy (non-hydrogen) atoms. The van der Waals surface area contributed by atoms with Crippen LogP contribution in [0.3, 0.4) is 0 Å². The summed E-state index contributed by atoms with van der Waals surface area (Å²) in [4.78, 5) is 0. The van der Waals surface area contributed by atoms with Crippen LogP contribution in [0.25, 0.3) is 0 Å². The fourth-order valence-corrected chi connectivity index (χ4v) is 1.90. The maximum absolute atomic E-state index is 13.0. The molecule has 0 N–H and O–H groups in total. The van der Waals surface area contributed by atoms with Gasteiger partial charge in [0.05, 0.1) is 0 Å². The molecular formula is C12H11FOS. The smallest absolute Gasteiger partial charge is 0.126 e. The van der Waals surface area contributed by atoms with Crippen LogP contribution >= 0.6 is 11.3 Å². The van der Waals surface area contributed by atoms with Gasteiger partial charge in [-0.3, -0.25) is 0 Å². The van der Waals surface area contributed by atoms with Crippen LogP contribution in [0.4, 0.5) is 4.39 Å². The third-order valence-corrected chi connectivity index (χ3v) is 2.85. The number of aryl methyl sites for hydroxylation is 1. The van der Waals surface area contributed by atoms with E-state index < -0.39 is 0 Å². The third-order valence-electron chi connectivity index (χ3n) is 2.12. The van der Waals surface area contributed by atoms with E-state index in [2.05, 4.69) is 0 Å². The Hall–Kier alpha value is -1.35. The van der Waals surface area contributed by atoms with E-state index in [-0.39, 0.29) is 5.82 Å². The van der Waals surface area contributed by atoms with Crippen molar-refractivity contribution in [3.05, 3.63) is 52.0 Å². The van der Waals surface area contributed by atoms with Gasteiger partial charge in [0.25, 0.3) is 0 Å². The van der Waals surface area contributed by atoms with Crippen molar-refractivity contribution in [3.8, 4) is 5.75 Å². The first-order valence-electron chi connectivity index (χ1n) is 4.66. The lowest BCUT2D eigenvalue weighted by Gasteiger charge is -2.05. The van der Waals surface area contributed by atoms with Crippen molar-refractivity contribution in [2.75, 3.05) is 0 Å². The predicted octanol–water partition coefficient (Wildman–Crippen LogP) is 3.77. The number of hydrogen-bond acceptors (Lipinski definition) is 2. The van der Waals surface area contributed by atoms with Gasteiger partial charge in [0, 0.05) is 0 Å². The van der Waals surface area contributed by atoms with Gasteiger partial charge in [-0.2, -0.15) is 11.3 Å². The molecule has 0 aliphatic rings. The predicted molar refractivity (Wildman–Crippen MR) is 59.8 cm³/mol. The highest BCUT2D eigenvalue weighted by Gasteiger charge is 2.00. The van der Waals surface area contributed by atoms with Crippen molar-refractivity contribution in [3.63, 3.8) is 0 Å². The minimum atomic E-state index is -0.196. The average Bonchev–Trinajstić information content (AvgIpc) is 2.73. The lowest BCUT2D eigenvalue weighted by Crippen LogP contribution is -1.94. The fourth-order valence-electron chi connectivity index (χ4n) is 1.25. The number of rotatable bonds is 3. The molecule has 2 rings (SSSR count). The zero-order chi connectivity index (χ0) is 10.7. The Balaban J connectivity index is 2.02. The maximum atomic E-state index is 13.0. The van der Waals surface area contributed by atoms with Crippen molar-refractivity contribution in [1.82, 2.24) is 0 Å². The van der Waals surface area contributed by atoms with E-state index in [1.54, 1.807) is 30.4 Å². The van der Waals surface area contributed by atoms with Gasteiger partial charge in [0.2, 0.25) is 0 Å². The second kappa shape index (κ2) is 4.45. The summed E-state index contributed by atoms with van der Waals surface area (Å²) in [5.74, 6) is 0.512. The van der Waals surface area contributed by atoms with Gasteiger partial charge >= 0.3 is 0 Å². The monoisotopic (exact) mass is 222 g/mol. The number of thiophene rings is 1. The molecule has 0 bridgehead atoms. The number of halogens is 1. The van der Waals surface area contributed by atoms with E-state index in [0.717, 1.165) is 5.56 Å². The largest absolute Gasteiger partial charge is 0.489 e. The molecule has 1 nitrogen and oxygen atoms in total. The second-order valence-corrected chi connectivity index (χ2v) is 4.11. The zero-order valence-electron chi connectivity index (χ0n) is 8.37. The normalized spacial score (nSPS) is 10.3. The molecule has 0 saturated heterocycles. The summed E-state index contributed by atoms with van der Waals surface area (Å²) in [5, 5.41) is 4.05. The maximum Gasteiger partial charge on any atom is 0.126 e. The van der Waals surface area contributed by atoms with Crippen LogP contribution in [0, 0.1) is 12.7 Å². The lowest BCUT2D eigenvalue weighted by atomic mass is 10.2. The molecule has 2 aromatic rings. The number of hydrogen-bond donors (Lipinski definition) is 0. The van der Waals surface area contributed by atoms with Gasteiger partial charge in [-0.05, 0) is 53.1 Å². The van der Waals surface area contributed by atoms with Gasteiger partial charge in [-0.15, -0.1) is 0 Å². The summed E-state index contributed by atoms with van der Waals surface area (Å²) in [7, 11) is 0. The van der Waals surface area contributed by atoms with Crippen molar-refractivity contribution in [2.45, 2.75) is 13.5 Å². The molecule has 0 fully saturated rings. The van der Waals surface area contributed by atoms with E-state index in [1.165, 1.54) is 6.07 Å². The summed E-state index contributed by atoms with van der Waals surface area (Å²) in [5.41, 5.74) is 1.75. The Bertz CT molecular complexity index is 437. The first-order valence-corrected chi connectivity index (χ1v) is 5.60. The molecule has 0 unspecified atom stereocenters. The van der Waals surface area contributed by atoms with E-state index in [4.69, 9.17) is 4.74 Å².